The third-order valence-electron chi connectivity index (χ3n) is 5.65. The average Bonchev–Trinajstić information content (AvgIpc) is 2.80. The van der Waals surface area contributed by atoms with Gasteiger partial charge in [-0.15, -0.1) is 0 Å². The monoisotopic (exact) mass is 519 g/mol. The Balaban J connectivity index is 1.62. The van der Waals surface area contributed by atoms with E-state index in [1.54, 1.807) is 33.0 Å². The molecular formula is C26H28ClF2N3O4. The molecule has 0 radical (unpaired) electrons. The van der Waals surface area contributed by atoms with E-state index in [-0.39, 0.29) is 36.2 Å². The molecular weight excluding hydrogens is 492 g/mol. The highest BCUT2D eigenvalue weighted by atomic mass is 35.5. The van der Waals surface area contributed by atoms with Crippen molar-refractivity contribution >= 4 is 40.2 Å². The fraction of sp³-hybridized carbons (Fsp3) is 0.346. The number of nitrogens with zero attached hydrogens (tertiary/aromatic N) is 2. The molecule has 3 aromatic rings. The van der Waals surface area contributed by atoms with Crippen LogP contribution in [0.2, 0.25) is 5.02 Å². The summed E-state index contributed by atoms with van der Waals surface area (Å²) in [6, 6.07) is 9.33. The summed E-state index contributed by atoms with van der Waals surface area (Å²) in [5, 5.41) is 13.9. The quantitative estimate of drug-likeness (QED) is 0.398. The Hall–Kier alpha value is -3.30. The zero-order valence-corrected chi connectivity index (χ0v) is 21.0. The molecule has 0 saturated heterocycles. The summed E-state index contributed by atoms with van der Waals surface area (Å²) in [5.41, 5.74) is -0.509. The van der Waals surface area contributed by atoms with Crippen molar-refractivity contribution in [3.05, 3.63) is 70.9 Å². The number of carbonyl (C=O) groups is 2. The summed E-state index contributed by atoms with van der Waals surface area (Å²) in [4.78, 5) is 30.7. The number of carbonyl (C=O) groups excluding carboxylic acids is 2. The van der Waals surface area contributed by atoms with Crippen LogP contribution in [0.1, 0.15) is 32.3 Å². The number of anilines is 1. The third kappa shape index (κ3) is 7.60. The van der Waals surface area contributed by atoms with Crippen LogP contribution in [0.3, 0.4) is 0 Å². The number of hydrogen-bond acceptors (Lipinski definition) is 5. The molecule has 3 rings (SSSR count). The number of benzene rings is 2. The number of likely N-dealkylation sites (N-methyl/N-ethyl adjacent to an activating group) is 1. The van der Waals surface area contributed by atoms with Gasteiger partial charge in [-0.25, -0.2) is 18.6 Å². The maximum absolute atomic E-state index is 14.0. The Morgan fingerprint density at radius 2 is 1.97 bits per heavy atom. The van der Waals surface area contributed by atoms with Gasteiger partial charge in [0.15, 0.2) is 0 Å². The molecule has 0 spiro atoms. The van der Waals surface area contributed by atoms with E-state index in [2.05, 4.69) is 10.3 Å². The molecule has 0 aliphatic rings. The molecule has 1 heterocycles. The topological polar surface area (TPSA) is 91.8 Å². The normalized spacial score (nSPS) is 12.3. The minimum absolute atomic E-state index is 0.0863. The average molecular weight is 520 g/mol. The van der Waals surface area contributed by atoms with Gasteiger partial charge in [0.25, 0.3) is 0 Å². The van der Waals surface area contributed by atoms with Crippen molar-refractivity contribution < 1.29 is 28.2 Å². The standard InChI is InChI=1S/C26H28ClF2N3O4/c1-26(2,35)13-19(32(3)24(33)10-8-16-7-9-18(28)11-21(16)27)15-36-25(34)31-23-12-20-17(14-30-23)5-4-6-22(20)29/h4-7,9,11-12,14,19,35H,8,10,13,15H2,1-3H3,(H,30,31,34)/t19-/m0/s1. The number of amides is 2. The maximum atomic E-state index is 14.0. The molecule has 0 bridgehead atoms. The lowest BCUT2D eigenvalue weighted by molar-refractivity contribution is -0.134. The van der Waals surface area contributed by atoms with Crippen LogP contribution in [0.15, 0.2) is 48.7 Å². The predicted octanol–water partition coefficient (Wildman–Crippen LogP) is 5.34. The van der Waals surface area contributed by atoms with Crippen molar-refractivity contribution in [1.82, 2.24) is 9.88 Å². The van der Waals surface area contributed by atoms with Crippen molar-refractivity contribution in [1.29, 1.82) is 0 Å². The second kappa shape index (κ2) is 11.6. The van der Waals surface area contributed by atoms with E-state index in [4.69, 9.17) is 16.3 Å². The zero-order chi connectivity index (χ0) is 26.5. The Kier molecular flexibility index (Phi) is 8.81. The molecule has 36 heavy (non-hydrogen) atoms. The number of aryl methyl sites for hydroxylation is 1. The SMILES string of the molecule is CN(C(=O)CCc1ccc(F)cc1Cl)[C@H](COC(=O)Nc1cc2c(F)cccc2cn1)CC(C)(C)O. The van der Waals surface area contributed by atoms with Crippen LogP contribution in [0.25, 0.3) is 10.8 Å². The number of aromatic nitrogens is 1. The van der Waals surface area contributed by atoms with Gasteiger partial charge in [-0.05, 0) is 56.5 Å². The van der Waals surface area contributed by atoms with E-state index in [1.807, 2.05) is 0 Å². The van der Waals surface area contributed by atoms with Crippen LogP contribution in [0, 0.1) is 11.6 Å². The second-order valence-corrected chi connectivity index (χ2v) is 9.57. The molecule has 0 saturated carbocycles. The lowest BCUT2D eigenvalue weighted by Gasteiger charge is -2.32. The molecule has 1 atom stereocenters. The Bertz CT molecular complexity index is 1250. The molecule has 2 N–H and O–H groups in total. The number of pyridine rings is 1. The van der Waals surface area contributed by atoms with Gasteiger partial charge in [0.2, 0.25) is 5.91 Å². The van der Waals surface area contributed by atoms with Crippen molar-refractivity contribution in [2.75, 3.05) is 19.0 Å². The predicted molar refractivity (Wildman–Crippen MR) is 134 cm³/mol. The van der Waals surface area contributed by atoms with Crippen LogP contribution >= 0.6 is 11.6 Å². The second-order valence-electron chi connectivity index (χ2n) is 9.16. The van der Waals surface area contributed by atoms with Gasteiger partial charge in [-0.2, -0.15) is 0 Å². The van der Waals surface area contributed by atoms with E-state index in [0.29, 0.717) is 22.8 Å². The van der Waals surface area contributed by atoms with E-state index in [1.165, 1.54) is 41.4 Å². The van der Waals surface area contributed by atoms with Crippen LogP contribution in [0.4, 0.5) is 19.4 Å². The molecule has 1 aromatic heterocycles. The summed E-state index contributed by atoms with van der Waals surface area (Å²) in [6.45, 7) is 2.98. The lowest BCUT2D eigenvalue weighted by Crippen LogP contribution is -2.45. The highest BCUT2D eigenvalue weighted by Crippen LogP contribution is 2.22. The summed E-state index contributed by atoms with van der Waals surface area (Å²) in [7, 11) is 1.56. The minimum atomic E-state index is -1.14. The first-order valence-electron chi connectivity index (χ1n) is 11.3. The van der Waals surface area contributed by atoms with Gasteiger partial charge >= 0.3 is 6.09 Å². The van der Waals surface area contributed by atoms with E-state index < -0.39 is 29.4 Å². The van der Waals surface area contributed by atoms with E-state index in [9.17, 15) is 23.5 Å². The summed E-state index contributed by atoms with van der Waals surface area (Å²) in [6.07, 6.45) is 1.12. The van der Waals surface area contributed by atoms with Crippen LogP contribution in [-0.2, 0) is 16.0 Å². The molecule has 0 aliphatic carbocycles. The van der Waals surface area contributed by atoms with E-state index in [0.717, 1.165) is 0 Å². The van der Waals surface area contributed by atoms with Gasteiger partial charge in [0.05, 0.1) is 11.6 Å². The van der Waals surface area contributed by atoms with Crippen LogP contribution in [-0.4, -0.2) is 52.3 Å². The number of ether oxygens (including phenoxy) is 1. The van der Waals surface area contributed by atoms with Gasteiger partial charge < -0.3 is 14.7 Å². The van der Waals surface area contributed by atoms with Gasteiger partial charge in [-0.1, -0.05) is 29.8 Å². The molecule has 192 valence electrons. The minimum Gasteiger partial charge on any atom is -0.447 e. The Morgan fingerprint density at radius 1 is 1.22 bits per heavy atom. The Labute approximate surface area is 213 Å². The number of fused-ring (bicyclic) bond motifs is 1. The molecule has 0 fully saturated rings. The number of hydrogen-bond donors (Lipinski definition) is 2. The fourth-order valence-corrected chi connectivity index (χ4v) is 4.00. The maximum Gasteiger partial charge on any atom is 0.412 e. The number of halogens is 3. The van der Waals surface area contributed by atoms with Crippen molar-refractivity contribution in [3.8, 4) is 0 Å². The van der Waals surface area contributed by atoms with Crippen molar-refractivity contribution in [2.24, 2.45) is 0 Å². The number of rotatable bonds is 9. The molecule has 2 aromatic carbocycles. The van der Waals surface area contributed by atoms with E-state index >= 15 is 0 Å². The molecule has 2 amide bonds. The van der Waals surface area contributed by atoms with Crippen molar-refractivity contribution in [2.45, 2.75) is 44.8 Å². The van der Waals surface area contributed by atoms with Crippen LogP contribution < -0.4 is 5.32 Å². The zero-order valence-electron chi connectivity index (χ0n) is 20.2. The Morgan fingerprint density at radius 3 is 2.67 bits per heavy atom. The molecule has 10 heteroatoms. The van der Waals surface area contributed by atoms with Crippen molar-refractivity contribution in [3.63, 3.8) is 0 Å². The summed E-state index contributed by atoms with van der Waals surface area (Å²) in [5.74, 6) is -1.06. The smallest absolute Gasteiger partial charge is 0.412 e. The highest BCUT2D eigenvalue weighted by Gasteiger charge is 2.28. The van der Waals surface area contributed by atoms with Gasteiger partial charge in [0, 0.05) is 35.5 Å². The first kappa shape index (κ1) is 27.3. The molecule has 7 nitrogen and oxygen atoms in total. The lowest BCUT2D eigenvalue weighted by atomic mass is 9.98. The number of aliphatic hydroxyl groups is 1. The number of nitrogens with one attached hydrogen (secondary N) is 1. The highest BCUT2D eigenvalue weighted by molar-refractivity contribution is 6.31. The van der Waals surface area contributed by atoms with Gasteiger partial charge in [0.1, 0.15) is 24.1 Å². The largest absolute Gasteiger partial charge is 0.447 e. The summed E-state index contributed by atoms with van der Waals surface area (Å²) >= 11 is 6.05. The first-order valence-corrected chi connectivity index (χ1v) is 11.7. The van der Waals surface area contributed by atoms with Crippen LogP contribution in [0.5, 0.6) is 0 Å². The molecule has 0 aliphatic heterocycles. The first-order chi connectivity index (χ1) is 16.9. The fourth-order valence-electron chi connectivity index (χ4n) is 3.74. The molecule has 0 unspecified atom stereocenters. The summed E-state index contributed by atoms with van der Waals surface area (Å²) < 4.78 is 32.6. The third-order valence-corrected chi connectivity index (χ3v) is 6.00. The van der Waals surface area contributed by atoms with Gasteiger partial charge in [-0.3, -0.25) is 10.1 Å².